The molecule has 0 spiro atoms. The molecule has 0 saturated carbocycles. The van der Waals surface area contributed by atoms with E-state index in [2.05, 4.69) is 198 Å². The molecule has 0 bridgehead atoms. The third-order valence-corrected chi connectivity index (χ3v) is 15.1. The van der Waals surface area contributed by atoms with E-state index >= 15 is 0 Å². The molecule has 0 aromatic heterocycles. The van der Waals surface area contributed by atoms with E-state index < -0.39 is 0 Å². The SMILES string of the molecule is CC1(C)c2cc(N)ccc2-c2ccc(-c3ccccc3-c3ccc4c5cccc6c(-c7ccccc7-c7ccc8c(c7)C(C)(C)c7cc(N)ccc7-8)ccc(c7cccc3c74)c65)cc21. The van der Waals surface area contributed by atoms with Crippen LogP contribution < -0.4 is 11.5 Å². The van der Waals surface area contributed by atoms with Gasteiger partial charge in [0.1, 0.15) is 0 Å². The van der Waals surface area contributed by atoms with Gasteiger partial charge in [0.25, 0.3) is 0 Å². The Balaban J connectivity index is 0.959. The van der Waals surface area contributed by atoms with Crippen LogP contribution in [-0.2, 0) is 10.8 Å². The monoisotopic (exact) mass is 818 g/mol. The highest BCUT2D eigenvalue weighted by Gasteiger charge is 2.37. The van der Waals surface area contributed by atoms with Gasteiger partial charge in [-0.3, -0.25) is 0 Å². The molecule has 64 heavy (non-hydrogen) atoms. The molecule has 304 valence electrons. The molecule has 0 heterocycles. The van der Waals surface area contributed by atoms with Crippen LogP contribution in [0, 0.1) is 0 Å². The van der Waals surface area contributed by atoms with Crippen molar-refractivity contribution in [3.63, 3.8) is 0 Å². The normalized spacial score (nSPS) is 14.3. The first-order valence-corrected chi connectivity index (χ1v) is 22.5. The summed E-state index contributed by atoms with van der Waals surface area (Å²) in [5.74, 6) is 0. The lowest BCUT2D eigenvalue weighted by molar-refractivity contribution is 0.661. The zero-order valence-electron chi connectivity index (χ0n) is 36.5. The van der Waals surface area contributed by atoms with E-state index in [0.717, 1.165) is 11.4 Å². The fourth-order valence-electron chi connectivity index (χ4n) is 12.0. The lowest BCUT2D eigenvalue weighted by Crippen LogP contribution is -2.15. The third kappa shape index (κ3) is 4.97. The quantitative estimate of drug-likeness (QED) is 0.106. The van der Waals surface area contributed by atoms with E-state index in [4.69, 9.17) is 11.5 Å². The summed E-state index contributed by atoms with van der Waals surface area (Å²) in [4.78, 5) is 0. The molecule has 2 aliphatic carbocycles. The molecule has 0 saturated heterocycles. The predicted molar refractivity (Wildman–Crippen MR) is 273 cm³/mol. The van der Waals surface area contributed by atoms with Gasteiger partial charge in [-0.05, 0) is 169 Å². The molecule has 2 heteroatoms. The number of rotatable bonds is 4. The van der Waals surface area contributed by atoms with Crippen LogP contribution in [-0.4, -0.2) is 0 Å². The van der Waals surface area contributed by atoms with Crippen molar-refractivity contribution in [2.45, 2.75) is 38.5 Å². The average molecular weight is 819 g/mol. The summed E-state index contributed by atoms with van der Waals surface area (Å²) in [5, 5.41) is 10.3. The lowest BCUT2D eigenvalue weighted by atomic mass is 9.80. The maximum atomic E-state index is 6.31. The third-order valence-electron chi connectivity index (χ3n) is 15.1. The molecule has 11 aromatic carbocycles. The van der Waals surface area contributed by atoms with E-state index in [0.29, 0.717) is 0 Å². The van der Waals surface area contributed by atoms with E-state index in [1.165, 1.54) is 132 Å². The van der Waals surface area contributed by atoms with Gasteiger partial charge in [0.2, 0.25) is 0 Å². The first-order chi connectivity index (χ1) is 31.1. The molecule has 13 rings (SSSR count). The fourth-order valence-corrected chi connectivity index (χ4v) is 12.0. The summed E-state index contributed by atoms with van der Waals surface area (Å²) in [6.07, 6.45) is 0. The van der Waals surface area contributed by atoms with Crippen LogP contribution in [0.5, 0.6) is 0 Å². The summed E-state index contributed by atoms with van der Waals surface area (Å²) in [6, 6.07) is 67.9. The molecule has 0 amide bonds. The van der Waals surface area contributed by atoms with Crippen molar-refractivity contribution in [1.29, 1.82) is 0 Å². The molecule has 0 unspecified atom stereocenters. The van der Waals surface area contributed by atoms with Crippen LogP contribution >= 0.6 is 0 Å². The van der Waals surface area contributed by atoms with Gasteiger partial charge >= 0.3 is 0 Å². The maximum Gasteiger partial charge on any atom is 0.0317 e. The van der Waals surface area contributed by atoms with Gasteiger partial charge in [0, 0.05) is 22.2 Å². The number of hydrogen-bond donors (Lipinski definition) is 2. The minimum Gasteiger partial charge on any atom is -0.399 e. The van der Waals surface area contributed by atoms with Gasteiger partial charge in [0.15, 0.2) is 0 Å². The molecule has 4 N–H and O–H groups in total. The van der Waals surface area contributed by atoms with Crippen molar-refractivity contribution < 1.29 is 0 Å². The minimum atomic E-state index is -0.149. The summed E-state index contributed by atoms with van der Waals surface area (Å²) >= 11 is 0. The molecule has 0 fully saturated rings. The summed E-state index contributed by atoms with van der Waals surface area (Å²) in [5.41, 5.74) is 34.3. The molecule has 2 nitrogen and oxygen atoms in total. The van der Waals surface area contributed by atoms with Crippen molar-refractivity contribution in [3.05, 3.63) is 204 Å². The minimum absolute atomic E-state index is 0.149. The Hall–Kier alpha value is -7.68. The zero-order valence-corrected chi connectivity index (χ0v) is 36.5. The average Bonchev–Trinajstić information content (AvgIpc) is 3.68. The van der Waals surface area contributed by atoms with Crippen LogP contribution in [0.25, 0.3) is 110 Å². The van der Waals surface area contributed by atoms with Gasteiger partial charge in [0.05, 0.1) is 0 Å². The lowest BCUT2D eigenvalue weighted by Gasteiger charge is -2.23. The number of fused-ring (bicyclic) bond motifs is 8. The molecule has 0 radical (unpaired) electrons. The first kappa shape index (κ1) is 36.9. The number of hydrogen-bond acceptors (Lipinski definition) is 2. The Morgan fingerprint density at radius 1 is 0.266 bits per heavy atom. The van der Waals surface area contributed by atoms with Gasteiger partial charge in [-0.15, -0.1) is 0 Å². The van der Waals surface area contributed by atoms with Gasteiger partial charge < -0.3 is 11.5 Å². The second-order valence-corrected chi connectivity index (χ2v) is 19.2. The Morgan fingerprint density at radius 3 is 1.02 bits per heavy atom. The van der Waals surface area contributed by atoms with E-state index in [1.807, 2.05) is 12.1 Å². The molecule has 2 aliphatic rings. The van der Waals surface area contributed by atoms with Crippen LogP contribution in [0.4, 0.5) is 11.4 Å². The first-order valence-electron chi connectivity index (χ1n) is 22.5. The van der Waals surface area contributed by atoms with Gasteiger partial charge in [-0.2, -0.15) is 0 Å². The summed E-state index contributed by atoms with van der Waals surface area (Å²) in [7, 11) is 0. The Bertz CT molecular complexity index is 3540. The van der Waals surface area contributed by atoms with Crippen LogP contribution in [0.1, 0.15) is 49.9 Å². The largest absolute Gasteiger partial charge is 0.399 e. The topological polar surface area (TPSA) is 52.0 Å². The van der Waals surface area contributed by atoms with Crippen LogP contribution in [0.3, 0.4) is 0 Å². The zero-order chi connectivity index (χ0) is 43.2. The van der Waals surface area contributed by atoms with E-state index in [-0.39, 0.29) is 10.8 Å². The van der Waals surface area contributed by atoms with Crippen molar-refractivity contribution in [2.24, 2.45) is 0 Å². The molecular weight excluding hydrogens is 773 g/mol. The highest BCUT2D eigenvalue weighted by molar-refractivity contribution is 6.35. The van der Waals surface area contributed by atoms with Crippen molar-refractivity contribution in [1.82, 2.24) is 0 Å². The highest BCUT2D eigenvalue weighted by Crippen LogP contribution is 2.53. The summed E-state index contributed by atoms with van der Waals surface area (Å²) < 4.78 is 0. The van der Waals surface area contributed by atoms with Crippen molar-refractivity contribution in [3.8, 4) is 66.8 Å². The molecular formula is C62H46N2. The van der Waals surface area contributed by atoms with E-state index in [1.54, 1.807) is 0 Å². The maximum absolute atomic E-state index is 6.31. The van der Waals surface area contributed by atoms with Crippen molar-refractivity contribution >= 4 is 54.5 Å². The number of nitrogen functional groups attached to an aromatic ring is 2. The second kappa shape index (κ2) is 12.9. The Labute approximate surface area is 373 Å². The second-order valence-electron chi connectivity index (χ2n) is 19.2. The smallest absolute Gasteiger partial charge is 0.0317 e. The van der Waals surface area contributed by atoms with Crippen molar-refractivity contribution in [2.75, 3.05) is 11.5 Å². The number of anilines is 2. The number of benzene rings is 11. The molecule has 0 atom stereocenters. The number of nitrogens with two attached hydrogens (primary N) is 2. The Kier molecular flexibility index (Phi) is 7.47. The predicted octanol–water partition coefficient (Wildman–Crippen LogP) is 16.2. The summed E-state index contributed by atoms with van der Waals surface area (Å²) in [6.45, 7) is 9.30. The molecule has 0 aliphatic heterocycles. The van der Waals surface area contributed by atoms with Gasteiger partial charge in [-0.25, -0.2) is 0 Å². The van der Waals surface area contributed by atoms with Crippen LogP contribution in [0.2, 0.25) is 0 Å². The van der Waals surface area contributed by atoms with Crippen LogP contribution in [0.15, 0.2) is 182 Å². The van der Waals surface area contributed by atoms with E-state index in [9.17, 15) is 0 Å². The molecule has 11 aromatic rings. The Morgan fingerprint density at radius 2 is 0.594 bits per heavy atom. The standard InChI is InChI=1S/C62H46N2/c1-61(2)55-31-35(19-23-45(55)47-25-21-37(63)33-57(47)61)39-11-5-7-13-41(39)43-27-29-53-52-18-10-16-50-44(28-30-54(60(50)52)51-17-9-15-49(43)59(51)53)42-14-8-6-12-40(42)36-20-24-46-48-26-22-38(64)34-58(48)62(3,4)56(46)32-36/h5-34H,63-64H2,1-4H3. The van der Waals surface area contributed by atoms with Gasteiger partial charge in [-0.1, -0.05) is 173 Å². The highest BCUT2D eigenvalue weighted by atomic mass is 14.6. The fraction of sp³-hybridized carbons (Fsp3) is 0.0968.